The van der Waals surface area contributed by atoms with Crippen LogP contribution in [-0.2, 0) is 28.7 Å². The third-order valence-electron chi connectivity index (χ3n) is 8.33. The molecular weight excluding hydrogens is 743 g/mol. The molecule has 0 radical (unpaired) electrons. The van der Waals surface area contributed by atoms with E-state index in [1.165, 1.54) is 10.1 Å². The smallest absolute Gasteiger partial charge is 0.349 e. The van der Waals surface area contributed by atoms with Gasteiger partial charge in [0.2, 0.25) is 0 Å². The number of pyridine rings is 2. The first-order valence-electron chi connectivity index (χ1n) is 17.0. The zero-order valence-corrected chi connectivity index (χ0v) is 30.9. The Hall–Kier alpha value is -4.96. The summed E-state index contributed by atoms with van der Waals surface area (Å²) in [6.45, 7) is 1.34. The van der Waals surface area contributed by atoms with Crippen molar-refractivity contribution in [3.8, 4) is 23.0 Å². The van der Waals surface area contributed by atoms with Crippen molar-refractivity contribution in [2.45, 2.75) is 24.4 Å². The van der Waals surface area contributed by atoms with E-state index in [9.17, 15) is 9.59 Å². The molecule has 4 heterocycles. The van der Waals surface area contributed by atoms with E-state index in [-0.39, 0.29) is 39.4 Å². The molecule has 2 aromatic heterocycles. The summed E-state index contributed by atoms with van der Waals surface area (Å²) in [6.07, 6.45) is 2.71. The van der Waals surface area contributed by atoms with Gasteiger partial charge in [0, 0.05) is 36.7 Å². The standard InChI is InChI=1S/C38H38Cl2N4O10/c1-47-25-9-11-31(27(39)21-25)51-37(29-7-3-5-15-41-29)33-23-43(17-19-49-33)53-35(45)13-14-36(46)54-44-18-20-50-34(24-44)38(30-8-4-6-16-42-30)52-32-12-10-26(48-2)22-28(32)40/h3-16,21-22,33-34,37-38H,17-20,23-24H2,1-2H3/b14-13+/t33-,34-,37?,38?/m0/s1. The van der Waals surface area contributed by atoms with Gasteiger partial charge in [0.25, 0.3) is 0 Å². The Bertz CT molecular complexity index is 1760. The Labute approximate surface area is 321 Å². The van der Waals surface area contributed by atoms with E-state index in [0.29, 0.717) is 44.4 Å². The van der Waals surface area contributed by atoms with Gasteiger partial charge in [-0.3, -0.25) is 9.97 Å². The number of carbonyl (C=O) groups is 2. The predicted octanol–water partition coefficient (Wildman–Crippen LogP) is 5.62. The van der Waals surface area contributed by atoms with Crippen LogP contribution in [-0.4, -0.2) is 97.9 Å². The number of aromatic nitrogens is 2. The first-order valence-corrected chi connectivity index (χ1v) is 17.7. The minimum absolute atomic E-state index is 0.148. The van der Waals surface area contributed by atoms with Crippen LogP contribution in [0.2, 0.25) is 10.0 Å². The van der Waals surface area contributed by atoms with Crippen molar-refractivity contribution in [2.75, 3.05) is 53.6 Å². The van der Waals surface area contributed by atoms with Gasteiger partial charge in [-0.05, 0) is 48.5 Å². The lowest BCUT2D eigenvalue weighted by atomic mass is 10.1. The van der Waals surface area contributed by atoms with E-state index in [1.807, 2.05) is 24.3 Å². The van der Waals surface area contributed by atoms with Crippen LogP contribution in [0, 0.1) is 0 Å². The van der Waals surface area contributed by atoms with E-state index in [0.717, 1.165) is 12.2 Å². The van der Waals surface area contributed by atoms with E-state index < -0.39 is 36.4 Å². The molecule has 4 atom stereocenters. The number of carbonyl (C=O) groups excluding carboxylic acids is 2. The Morgan fingerprint density at radius 3 is 1.52 bits per heavy atom. The van der Waals surface area contributed by atoms with Crippen LogP contribution >= 0.6 is 23.2 Å². The zero-order valence-electron chi connectivity index (χ0n) is 29.4. The van der Waals surface area contributed by atoms with Crippen LogP contribution in [0.1, 0.15) is 23.6 Å². The molecule has 6 rings (SSSR count). The molecule has 2 saturated heterocycles. The molecule has 0 bridgehead atoms. The third-order valence-corrected chi connectivity index (χ3v) is 8.92. The van der Waals surface area contributed by atoms with Gasteiger partial charge in [0.15, 0.2) is 12.2 Å². The number of rotatable bonds is 14. The Kier molecular flexibility index (Phi) is 13.5. The molecule has 4 aromatic rings. The number of nitrogens with zero attached hydrogens (tertiary/aromatic N) is 4. The number of hydrogen-bond acceptors (Lipinski definition) is 14. The van der Waals surface area contributed by atoms with Crippen LogP contribution in [0.3, 0.4) is 0 Å². The first-order chi connectivity index (χ1) is 26.3. The fourth-order valence-corrected chi connectivity index (χ4v) is 6.14. The Morgan fingerprint density at radius 2 is 1.15 bits per heavy atom. The fourth-order valence-electron chi connectivity index (χ4n) is 5.71. The zero-order chi connectivity index (χ0) is 37.9. The number of ether oxygens (including phenoxy) is 6. The number of hydrogen-bond donors (Lipinski definition) is 0. The number of hydroxylamine groups is 4. The highest BCUT2D eigenvalue weighted by atomic mass is 35.5. The minimum Gasteiger partial charge on any atom is -0.497 e. The largest absolute Gasteiger partial charge is 0.497 e. The topological polar surface area (TPSA) is 140 Å². The summed E-state index contributed by atoms with van der Waals surface area (Å²) in [6, 6.07) is 21.0. The van der Waals surface area contributed by atoms with Crippen LogP contribution in [0.5, 0.6) is 23.0 Å². The summed E-state index contributed by atoms with van der Waals surface area (Å²) in [7, 11) is 3.09. The predicted molar refractivity (Wildman–Crippen MR) is 195 cm³/mol. The van der Waals surface area contributed by atoms with Crippen LogP contribution < -0.4 is 18.9 Å². The summed E-state index contributed by atoms with van der Waals surface area (Å²) >= 11 is 12.9. The van der Waals surface area contributed by atoms with Gasteiger partial charge in [-0.15, -0.1) is 10.1 Å². The van der Waals surface area contributed by atoms with Crippen LogP contribution in [0.4, 0.5) is 0 Å². The Morgan fingerprint density at radius 1 is 0.704 bits per heavy atom. The van der Waals surface area contributed by atoms with Crippen molar-refractivity contribution < 1.29 is 47.7 Å². The van der Waals surface area contributed by atoms with Crippen molar-refractivity contribution >= 4 is 35.1 Å². The van der Waals surface area contributed by atoms with Gasteiger partial charge < -0.3 is 38.1 Å². The normalized spacial score (nSPS) is 19.0. The van der Waals surface area contributed by atoms with Gasteiger partial charge in [-0.1, -0.05) is 35.3 Å². The molecule has 0 amide bonds. The van der Waals surface area contributed by atoms with Crippen molar-refractivity contribution in [3.05, 3.63) is 119 Å². The van der Waals surface area contributed by atoms with Crippen molar-refractivity contribution in [2.24, 2.45) is 0 Å². The molecule has 14 nitrogen and oxygen atoms in total. The summed E-state index contributed by atoms with van der Waals surface area (Å²) in [5, 5.41) is 3.58. The van der Waals surface area contributed by atoms with Crippen molar-refractivity contribution in [3.63, 3.8) is 0 Å². The number of halogens is 2. The molecule has 2 aliphatic rings. The molecule has 0 spiro atoms. The van der Waals surface area contributed by atoms with E-state index in [1.54, 1.807) is 75.1 Å². The monoisotopic (exact) mass is 780 g/mol. The SMILES string of the molecule is COc1ccc(OC(c2ccccn2)[C@@H]2CN(OC(=O)/C=C/C(=O)ON3CCO[C@H](C(Oc4ccc(OC)cc4Cl)c4ccccn4)C3)CCO2)c(Cl)c1. The van der Waals surface area contributed by atoms with Gasteiger partial charge in [-0.2, -0.15) is 0 Å². The molecule has 0 saturated carbocycles. The maximum absolute atomic E-state index is 12.8. The minimum atomic E-state index is -0.777. The maximum Gasteiger partial charge on any atom is 0.349 e. The number of methoxy groups -OCH3 is 2. The lowest BCUT2D eigenvalue weighted by Crippen LogP contribution is -2.47. The fraction of sp³-hybridized carbons (Fsp3) is 0.316. The molecule has 2 unspecified atom stereocenters. The second kappa shape index (κ2) is 18.9. The molecule has 54 heavy (non-hydrogen) atoms. The number of benzene rings is 2. The summed E-state index contributed by atoms with van der Waals surface area (Å²) in [5.74, 6) is 0.410. The second-order valence-corrected chi connectivity index (χ2v) is 12.7. The summed E-state index contributed by atoms with van der Waals surface area (Å²) in [4.78, 5) is 45.7. The third kappa shape index (κ3) is 10.4. The quantitative estimate of drug-likeness (QED) is 0.146. The summed E-state index contributed by atoms with van der Waals surface area (Å²) in [5.41, 5.74) is 1.19. The lowest BCUT2D eigenvalue weighted by Gasteiger charge is -2.35. The highest BCUT2D eigenvalue weighted by Gasteiger charge is 2.35. The Balaban J connectivity index is 1.05. The van der Waals surface area contributed by atoms with E-state index in [2.05, 4.69) is 9.97 Å². The highest BCUT2D eigenvalue weighted by Crippen LogP contribution is 2.36. The highest BCUT2D eigenvalue weighted by molar-refractivity contribution is 6.32. The van der Waals surface area contributed by atoms with Crippen LogP contribution in [0.25, 0.3) is 0 Å². The van der Waals surface area contributed by atoms with Crippen LogP contribution in [0.15, 0.2) is 97.3 Å². The number of morpholine rings is 2. The first kappa shape index (κ1) is 38.8. The summed E-state index contributed by atoms with van der Waals surface area (Å²) < 4.78 is 35.2. The average molecular weight is 782 g/mol. The molecule has 0 aliphatic carbocycles. The molecule has 284 valence electrons. The van der Waals surface area contributed by atoms with Crippen molar-refractivity contribution in [1.82, 2.24) is 20.1 Å². The molecule has 16 heteroatoms. The van der Waals surface area contributed by atoms with Gasteiger partial charge >= 0.3 is 11.9 Å². The molecule has 2 fully saturated rings. The van der Waals surface area contributed by atoms with E-state index in [4.69, 9.17) is 61.3 Å². The molecule has 2 aliphatic heterocycles. The van der Waals surface area contributed by atoms with Gasteiger partial charge in [0.1, 0.15) is 35.2 Å². The molecular formula is C38H38Cl2N4O10. The van der Waals surface area contributed by atoms with Crippen molar-refractivity contribution in [1.29, 1.82) is 0 Å². The lowest BCUT2D eigenvalue weighted by molar-refractivity contribution is -0.220. The van der Waals surface area contributed by atoms with Gasteiger partial charge in [0.05, 0.1) is 75.0 Å². The van der Waals surface area contributed by atoms with E-state index >= 15 is 0 Å². The molecule has 2 aromatic carbocycles. The second-order valence-electron chi connectivity index (χ2n) is 11.9. The molecule has 0 N–H and O–H groups in total. The van der Waals surface area contributed by atoms with Gasteiger partial charge in [-0.25, -0.2) is 9.59 Å². The average Bonchev–Trinajstić information content (AvgIpc) is 3.20. The maximum atomic E-state index is 12.8.